The second kappa shape index (κ2) is 11.3. The van der Waals surface area contributed by atoms with Gasteiger partial charge >= 0.3 is 11.7 Å². The molecule has 0 radical (unpaired) electrons. The number of rotatable bonds is 10. The lowest BCUT2D eigenvalue weighted by Gasteiger charge is -2.31. The fraction of sp³-hybridized carbons (Fsp3) is 0.500. The number of hydrogen-bond acceptors (Lipinski definition) is 10. The predicted octanol–water partition coefficient (Wildman–Crippen LogP) is 2.84. The molecule has 1 aliphatic rings. The van der Waals surface area contributed by atoms with Crippen LogP contribution in [0.25, 0.3) is 0 Å². The summed E-state index contributed by atoms with van der Waals surface area (Å²) in [5.41, 5.74) is 0.784. The molecule has 1 fully saturated rings. The topological polar surface area (TPSA) is 129 Å². The van der Waals surface area contributed by atoms with Crippen molar-refractivity contribution in [3.63, 3.8) is 0 Å². The molecular formula is C22H29N5O6. The van der Waals surface area contributed by atoms with Gasteiger partial charge in [-0.25, -0.2) is 9.97 Å². The number of ether oxygens (including phenoxy) is 3. The van der Waals surface area contributed by atoms with Crippen LogP contribution in [0.15, 0.2) is 24.5 Å². The van der Waals surface area contributed by atoms with Crippen molar-refractivity contribution < 1.29 is 23.9 Å². The van der Waals surface area contributed by atoms with Crippen LogP contribution in [0.5, 0.6) is 11.5 Å². The molecule has 33 heavy (non-hydrogen) atoms. The molecule has 0 spiro atoms. The molecule has 0 amide bonds. The second-order valence-corrected chi connectivity index (χ2v) is 7.56. The van der Waals surface area contributed by atoms with Gasteiger partial charge in [0.2, 0.25) is 11.6 Å². The maximum Gasteiger partial charge on any atom is 0.353 e. The van der Waals surface area contributed by atoms with Gasteiger partial charge in [0.15, 0.2) is 0 Å². The first-order valence-corrected chi connectivity index (χ1v) is 10.8. The van der Waals surface area contributed by atoms with Crippen molar-refractivity contribution in [2.24, 2.45) is 5.92 Å². The summed E-state index contributed by atoms with van der Waals surface area (Å²) in [7, 11) is 3.16. The van der Waals surface area contributed by atoms with Crippen LogP contribution in [0.1, 0.15) is 25.3 Å². The quantitative estimate of drug-likeness (QED) is 0.322. The van der Waals surface area contributed by atoms with Crippen LogP contribution in [-0.2, 0) is 16.0 Å². The van der Waals surface area contributed by atoms with Gasteiger partial charge in [-0.05, 0) is 43.9 Å². The van der Waals surface area contributed by atoms with Crippen LogP contribution < -0.4 is 19.7 Å². The summed E-state index contributed by atoms with van der Waals surface area (Å²) in [6, 6.07) is 5.55. The average Bonchev–Trinajstić information content (AvgIpc) is 2.83. The predicted molar refractivity (Wildman–Crippen MR) is 122 cm³/mol. The minimum atomic E-state index is -0.469. The molecule has 1 aliphatic heterocycles. The Hall–Kier alpha value is -3.63. The van der Waals surface area contributed by atoms with E-state index >= 15 is 0 Å². The fourth-order valence-corrected chi connectivity index (χ4v) is 3.82. The van der Waals surface area contributed by atoms with Crippen LogP contribution in [0.4, 0.5) is 17.3 Å². The third-order valence-electron chi connectivity index (χ3n) is 5.52. The van der Waals surface area contributed by atoms with Gasteiger partial charge in [-0.2, -0.15) is 0 Å². The monoisotopic (exact) mass is 459 g/mol. The van der Waals surface area contributed by atoms with Gasteiger partial charge in [-0.15, -0.1) is 0 Å². The summed E-state index contributed by atoms with van der Waals surface area (Å²) >= 11 is 0. The number of nitrogens with zero attached hydrogens (tertiary/aromatic N) is 4. The molecular weight excluding hydrogens is 430 g/mol. The molecule has 2 heterocycles. The normalized spacial score (nSPS) is 14.0. The van der Waals surface area contributed by atoms with E-state index in [0.717, 1.165) is 5.56 Å². The highest BCUT2D eigenvalue weighted by Gasteiger charge is 2.32. The number of nitrogens with one attached hydrogen (secondary N) is 1. The second-order valence-electron chi connectivity index (χ2n) is 7.56. The smallest absolute Gasteiger partial charge is 0.353 e. The summed E-state index contributed by atoms with van der Waals surface area (Å²) in [6.45, 7) is 3.48. The molecule has 0 atom stereocenters. The van der Waals surface area contributed by atoms with Gasteiger partial charge < -0.3 is 24.4 Å². The number of carbonyl (C=O) groups is 1. The molecule has 1 N–H and O–H groups in total. The number of aromatic nitrogens is 2. The zero-order chi connectivity index (χ0) is 23.8. The van der Waals surface area contributed by atoms with Crippen LogP contribution in [0.3, 0.4) is 0 Å². The molecule has 178 valence electrons. The number of esters is 1. The van der Waals surface area contributed by atoms with Crippen molar-refractivity contribution in [2.75, 3.05) is 50.7 Å². The Kier molecular flexibility index (Phi) is 8.22. The van der Waals surface area contributed by atoms with Crippen molar-refractivity contribution in [2.45, 2.75) is 26.2 Å². The van der Waals surface area contributed by atoms with Crippen molar-refractivity contribution >= 4 is 23.3 Å². The van der Waals surface area contributed by atoms with E-state index in [4.69, 9.17) is 14.2 Å². The standard InChI is InChI=1S/C22H29N5O6/c1-4-33-22(28)16-6-9-26(10-7-16)21-19(27(29)30)20(24-14-25-21)23-8-5-15-11-17(31-2)13-18(12-15)32-3/h11-14,16H,4-10H2,1-3H3,(H,23,24,25). The Morgan fingerprint density at radius 3 is 2.42 bits per heavy atom. The van der Waals surface area contributed by atoms with Gasteiger partial charge in [-0.1, -0.05) is 0 Å². The van der Waals surface area contributed by atoms with E-state index in [2.05, 4.69) is 15.3 Å². The van der Waals surface area contributed by atoms with E-state index in [1.165, 1.54) is 6.33 Å². The Morgan fingerprint density at radius 2 is 1.85 bits per heavy atom. The maximum atomic E-state index is 12.0. The van der Waals surface area contributed by atoms with Crippen molar-refractivity contribution in [3.8, 4) is 11.5 Å². The first kappa shape index (κ1) is 24.0. The first-order valence-electron chi connectivity index (χ1n) is 10.8. The van der Waals surface area contributed by atoms with Crippen LogP contribution >= 0.6 is 0 Å². The minimum absolute atomic E-state index is 0.160. The van der Waals surface area contributed by atoms with E-state index in [9.17, 15) is 14.9 Å². The van der Waals surface area contributed by atoms with Gasteiger partial charge in [0.05, 0.1) is 31.7 Å². The fourth-order valence-electron chi connectivity index (χ4n) is 3.82. The van der Waals surface area contributed by atoms with Crippen molar-refractivity contribution in [3.05, 3.63) is 40.2 Å². The highest BCUT2D eigenvalue weighted by atomic mass is 16.6. The Morgan fingerprint density at radius 1 is 1.18 bits per heavy atom. The van der Waals surface area contributed by atoms with Gasteiger partial charge in [0, 0.05) is 25.7 Å². The third-order valence-corrected chi connectivity index (χ3v) is 5.52. The van der Waals surface area contributed by atoms with E-state index < -0.39 is 4.92 Å². The van der Waals surface area contributed by atoms with E-state index in [1.54, 1.807) is 27.2 Å². The van der Waals surface area contributed by atoms with Gasteiger partial charge in [0.1, 0.15) is 17.8 Å². The summed E-state index contributed by atoms with van der Waals surface area (Å²) < 4.78 is 15.7. The Bertz CT molecular complexity index is 955. The molecule has 2 aromatic rings. The maximum absolute atomic E-state index is 12.0. The zero-order valence-electron chi connectivity index (χ0n) is 19.1. The summed E-state index contributed by atoms with van der Waals surface area (Å²) in [5.74, 6) is 1.34. The molecule has 1 aromatic carbocycles. The van der Waals surface area contributed by atoms with E-state index in [1.807, 2.05) is 17.0 Å². The number of piperidine rings is 1. The number of hydrogen-bond donors (Lipinski definition) is 1. The van der Waals surface area contributed by atoms with Gasteiger partial charge in [0.25, 0.3) is 0 Å². The SMILES string of the molecule is CCOC(=O)C1CCN(c2ncnc(NCCc3cc(OC)cc(OC)c3)c2[N+](=O)[O-])CC1. The molecule has 0 unspecified atom stereocenters. The lowest BCUT2D eigenvalue weighted by Crippen LogP contribution is -2.37. The molecule has 11 nitrogen and oxygen atoms in total. The number of carbonyl (C=O) groups excluding carboxylic acids is 1. The molecule has 0 saturated carbocycles. The average molecular weight is 460 g/mol. The third kappa shape index (κ3) is 5.99. The largest absolute Gasteiger partial charge is 0.497 e. The molecule has 0 bridgehead atoms. The Labute approximate surface area is 192 Å². The van der Waals surface area contributed by atoms with Crippen molar-refractivity contribution in [1.29, 1.82) is 0 Å². The zero-order valence-corrected chi connectivity index (χ0v) is 19.1. The van der Waals surface area contributed by atoms with E-state index in [0.29, 0.717) is 57.0 Å². The summed E-state index contributed by atoms with van der Waals surface area (Å²) in [5, 5.41) is 15.0. The molecule has 1 saturated heterocycles. The Balaban J connectivity index is 1.70. The molecule has 0 aliphatic carbocycles. The highest BCUT2D eigenvalue weighted by molar-refractivity contribution is 5.74. The van der Waals surface area contributed by atoms with Crippen LogP contribution in [-0.4, -0.2) is 61.3 Å². The van der Waals surface area contributed by atoms with Gasteiger partial charge in [-0.3, -0.25) is 14.9 Å². The molecule has 3 rings (SSSR count). The van der Waals surface area contributed by atoms with Crippen molar-refractivity contribution in [1.82, 2.24) is 9.97 Å². The number of methoxy groups -OCH3 is 2. The minimum Gasteiger partial charge on any atom is -0.497 e. The van der Waals surface area contributed by atoms with Crippen LogP contribution in [0.2, 0.25) is 0 Å². The van der Waals surface area contributed by atoms with Crippen LogP contribution in [0, 0.1) is 16.0 Å². The first-order chi connectivity index (χ1) is 16.0. The summed E-state index contributed by atoms with van der Waals surface area (Å²) in [6.07, 6.45) is 3.01. The summed E-state index contributed by atoms with van der Waals surface area (Å²) in [4.78, 5) is 33.5. The van der Waals surface area contributed by atoms with E-state index in [-0.39, 0.29) is 29.2 Å². The number of anilines is 2. The number of benzene rings is 1. The lowest BCUT2D eigenvalue weighted by atomic mass is 9.97. The molecule has 1 aromatic heterocycles. The highest BCUT2D eigenvalue weighted by Crippen LogP contribution is 2.34. The molecule has 11 heteroatoms. The lowest BCUT2D eigenvalue weighted by molar-refractivity contribution is -0.383. The number of nitro groups is 1.